The Morgan fingerprint density at radius 2 is 1.25 bits per heavy atom. The van der Waals surface area contributed by atoms with Crippen LogP contribution in [0.5, 0.6) is 0 Å². The Kier molecular flexibility index (Phi) is 11.0. The Hall–Kier alpha value is -0.330. The topological polar surface area (TPSA) is 17.1 Å². The van der Waals surface area contributed by atoms with Crippen LogP contribution in [0.4, 0.5) is 0 Å². The molecule has 1 fully saturated rings. The maximum absolute atomic E-state index is 10.8. The van der Waals surface area contributed by atoms with E-state index >= 15 is 0 Å². The van der Waals surface area contributed by atoms with Crippen LogP contribution in [0.2, 0.25) is 0 Å². The number of carbonyl (C=O) groups excluding carboxylic acids is 1. The van der Waals surface area contributed by atoms with E-state index in [0.29, 0.717) is 5.92 Å². The summed E-state index contributed by atoms with van der Waals surface area (Å²) in [6.45, 7) is 2.28. The third-order valence-corrected chi connectivity index (χ3v) is 4.71. The Morgan fingerprint density at radius 1 is 0.800 bits per heavy atom. The first-order valence-electron chi connectivity index (χ1n) is 9.26. The second-order valence-electron chi connectivity index (χ2n) is 6.74. The highest BCUT2D eigenvalue weighted by Crippen LogP contribution is 2.38. The highest BCUT2D eigenvalue weighted by molar-refractivity contribution is 5.55. The minimum atomic E-state index is 0.276. The summed E-state index contributed by atoms with van der Waals surface area (Å²) in [5.41, 5.74) is 0. The van der Waals surface area contributed by atoms with Crippen molar-refractivity contribution >= 4 is 6.29 Å². The molecule has 1 atom stereocenters. The van der Waals surface area contributed by atoms with Gasteiger partial charge in [0.25, 0.3) is 0 Å². The molecular formula is C19H35O. The summed E-state index contributed by atoms with van der Waals surface area (Å²) in [5.74, 6) is 0.985. The first-order chi connectivity index (χ1) is 9.88. The molecule has 0 saturated heterocycles. The summed E-state index contributed by atoms with van der Waals surface area (Å²) in [6, 6.07) is 0. The lowest BCUT2D eigenvalue weighted by atomic mass is 9.97. The Bertz CT molecular complexity index is 220. The Balaban J connectivity index is 1.73. The number of unbranched alkanes of at least 4 members (excludes halogenated alkanes) is 11. The molecule has 0 aromatic heterocycles. The first-order valence-corrected chi connectivity index (χ1v) is 9.26. The van der Waals surface area contributed by atoms with Crippen LogP contribution in [0.25, 0.3) is 0 Å². The van der Waals surface area contributed by atoms with E-state index in [1.165, 1.54) is 89.9 Å². The largest absolute Gasteiger partial charge is 0.291 e. The molecule has 1 rings (SSSR count). The standard InChI is InChI=1S/C19H35O/c1-2-3-4-5-6-7-8-9-10-11-12-13-14-19(17-20)18-15-16-18/h18-19H,2-16H2,1H3. The molecule has 1 aliphatic carbocycles. The number of hydrogen-bond acceptors (Lipinski definition) is 1. The van der Waals surface area contributed by atoms with Crippen LogP contribution in [-0.2, 0) is 4.79 Å². The molecule has 0 aromatic rings. The molecule has 1 heteroatoms. The Morgan fingerprint density at radius 3 is 1.65 bits per heavy atom. The maximum atomic E-state index is 10.8. The van der Waals surface area contributed by atoms with Crippen LogP contribution in [0.3, 0.4) is 0 Å². The van der Waals surface area contributed by atoms with Crippen LogP contribution in [0, 0.1) is 11.8 Å². The average molecular weight is 279 g/mol. The van der Waals surface area contributed by atoms with Crippen LogP contribution in [0.15, 0.2) is 0 Å². The van der Waals surface area contributed by atoms with E-state index in [4.69, 9.17) is 0 Å². The predicted molar refractivity (Wildman–Crippen MR) is 87.6 cm³/mol. The lowest BCUT2D eigenvalue weighted by Crippen LogP contribution is -2.03. The molecule has 0 bridgehead atoms. The van der Waals surface area contributed by atoms with Crippen molar-refractivity contribution in [3.63, 3.8) is 0 Å². The molecule has 1 saturated carbocycles. The molecular weight excluding hydrogens is 244 g/mol. The van der Waals surface area contributed by atoms with Gasteiger partial charge in [-0.2, -0.15) is 0 Å². The summed E-state index contributed by atoms with van der Waals surface area (Å²) >= 11 is 0. The maximum Gasteiger partial charge on any atom is 0.202 e. The van der Waals surface area contributed by atoms with Gasteiger partial charge in [0.2, 0.25) is 6.29 Å². The normalized spacial score (nSPS) is 16.2. The lowest BCUT2D eigenvalue weighted by molar-refractivity contribution is 0.456. The number of rotatable bonds is 15. The van der Waals surface area contributed by atoms with Gasteiger partial charge >= 0.3 is 0 Å². The van der Waals surface area contributed by atoms with Gasteiger partial charge in [-0.3, -0.25) is 4.79 Å². The van der Waals surface area contributed by atoms with Gasteiger partial charge in [-0.1, -0.05) is 84.0 Å². The van der Waals surface area contributed by atoms with Crippen molar-refractivity contribution in [1.29, 1.82) is 0 Å². The third kappa shape index (κ3) is 9.55. The summed E-state index contributed by atoms with van der Waals surface area (Å²) in [4.78, 5) is 10.8. The zero-order valence-corrected chi connectivity index (χ0v) is 13.7. The van der Waals surface area contributed by atoms with Crippen molar-refractivity contribution in [3.05, 3.63) is 0 Å². The van der Waals surface area contributed by atoms with E-state index in [1.54, 1.807) is 0 Å². The second kappa shape index (κ2) is 12.4. The van der Waals surface area contributed by atoms with E-state index in [1.807, 2.05) is 0 Å². The van der Waals surface area contributed by atoms with Crippen LogP contribution in [0.1, 0.15) is 103 Å². The van der Waals surface area contributed by atoms with Gasteiger partial charge in [0, 0.05) is 5.92 Å². The molecule has 1 aliphatic rings. The van der Waals surface area contributed by atoms with Gasteiger partial charge in [-0.05, 0) is 25.2 Å². The molecule has 1 radical (unpaired) electrons. The van der Waals surface area contributed by atoms with Crippen LogP contribution < -0.4 is 0 Å². The highest BCUT2D eigenvalue weighted by Gasteiger charge is 2.30. The molecule has 1 unspecified atom stereocenters. The molecule has 1 nitrogen and oxygen atoms in total. The summed E-state index contributed by atoms with van der Waals surface area (Å²) < 4.78 is 0. The van der Waals surface area contributed by atoms with Crippen molar-refractivity contribution < 1.29 is 4.79 Å². The SMILES string of the molecule is CCCCCCCCCCCCCCC([C]=O)C1CC1. The van der Waals surface area contributed by atoms with Gasteiger partial charge in [0.1, 0.15) is 0 Å². The van der Waals surface area contributed by atoms with E-state index in [9.17, 15) is 4.79 Å². The van der Waals surface area contributed by atoms with E-state index in [-0.39, 0.29) is 5.92 Å². The average Bonchev–Trinajstić information content (AvgIpc) is 3.29. The van der Waals surface area contributed by atoms with E-state index < -0.39 is 0 Å². The van der Waals surface area contributed by atoms with Gasteiger partial charge in [0.15, 0.2) is 0 Å². The van der Waals surface area contributed by atoms with Crippen molar-refractivity contribution in [2.24, 2.45) is 11.8 Å². The fourth-order valence-electron chi connectivity index (χ4n) is 3.09. The molecule has 0 amide bonds. The molecule has 0 aliphatic heterocycles. The van der Waals surface area contributed by atoms with Gasteiger partial charge in [0.05, 0.1) is 0 Å². The zero-order valence-electron chi connectivity index (χ0n) is 13.7. The first kappa shape index (κ1) is 17.7. The van der Waals surface area contributed by atoms with Gasteiger partial charge in [-0.25, -0.2) is 0 Å². The second-order valence-corrected chi connectivity index (χ2v) is 6.74. The van der Waals surface area contributed by atoms with Gasteiger partial charge < -0.3 is 0 Å². The fraction of sp³-hybridized carbons (Fsp3) is 0.947. The quantitative estimate of drug-likeness (QED) is 0.325. The van der Waals surface area contributed by atoms with Crippen molar-refractivity contribution in [1.82, 2.24) is 0 Å². The van der Waals surface area contributed by atoms with Crippen molar-refractivity contribution in [2.45, 2.75) is 103 Å². The van der Waals surface area contributed by atoms with Crippen LogP contribution >= 0.6 is 0 Å². The molecule has 0 N–H and O–H groups in total. The summed E-state index contributed by atoms with van der Waals surface area (Å²) in [6.07, 6.45) is 22.6. The molecule has 0 aromatic carbocycles. The van der Waals surface area contributed by atoms with Crippen LogP contribution in [-0.4, -0.2) is 6.29 Å². The highest BCUT2D eigenvalue weighted by atomic mass is 16.1. The minimum absolute atomic E-state index is 0.276. The fourth-order valence-corrected chi connectivity index (χ4v) is 3.09. The van der Waals surface area contributed by atoms with E-state index in [2.05, 4.69) is 13.2 Å². The molecule has 0 spiro atoms. The molecule has 20 heavy (non-hydrogen) atoms. The molecule has 0 heterocycles. The van der Waals surface area contributed by atoms with E-state index in [0.717, 1.165) is 6.42 Å². The minimum Gasteiger partial charge on any atom is -0.291 e. The Labute approximate surface area is 126 Å². The monoisotopic (exact) mass is 279 g/mol. The summed E-state index contributed by atoms with van der Waals surface area (Å²) in [5, 5.41) is 0. The number of hydrogen-bond donors (Lipinski definition) is 0. The smallest absolute Gasteiger partial charge is 0.202 e. The molecule has 117 valence electrons. The zero-order chi connectivity index (χ0) is 14.5. The lowest BCUT2D eigenvalue weighted by Gasteiger charge is -2.07. The van der Waals surface area contributed by atoms with Crippen molar-refractivity contribution in [3.8, 4) is 0 Å². The third-order valence-electron chi connectivity index (χ3n) is 4.71. The predicted octanol–water partition coefficient (Wildman–Crippen LogP) is 6.21. The van der Waals surface area contributed by atoms with Gasteiger partial charge in [-0.15, -0.1) is 0 Å². The summed E-state index contributed by atoms with van der Waals surface area (Å²) in [7, 11) is 0. The van der Waals surface area contributed by atoms with Crippen molar-refractivity contribution in [2.75, 3.05) is 0 Å².